The number of ether oxygens (including phenoxy) is 1. The Kier molecular flexibility index (Phi) is 61.0. The molecule has 0 bridgehead atoms. The fraction of sp³-hybridized carbons (Fsp3) is 0.881. The summed E-state index contributed by atoms with van der Waals surface area (Å²) in [6.45, 7) is 4.93. The molecule has 0 aromatic carbocycles. The second-order valence-electron chi connectivity index (χ2n) is 22.4. The zero-order chi connectivity index (χ0) is 52.9. The normalized spacial score (nSPS) is 12.8. The van der Waals surface area contributed by atoms with Crippen LogP contribution in [-0.2, 0) is 14.3 Å². The minimum Gasteiger partial charge on any atom is -0.466 e. The molecule has 6 heteroatoms. The molecule has 0 rings (SSSR count). The molecule has 3 N–H and O–H groups in total. The third-order valence-electron chi connectivity index (χ3n) is 15.2. The van der Waals surface area contributed by atoms with E-state index in [1.807, 2.05) is 0 Å². The van der Waals surface area contributed by atoms with Crippen molar-refractivity contribution in [2.24, 2.45) is 0 Å². The van der Waals surface area contributed by atoms with E-state index in [1.165, 1.54) is 257 Å². The van der Waals surface area contributed by atoms with Gasteiger partial charge in [-0.05, 0) is 83.5 Å². The summed E-state index contributed by atoms with van der Waals surface area (Å²) in [6, 6.07) is -0.552. The van der Waals surface area contributed by atoms with Gasteiger partial charge in [-0.15, -0.1) is 0 Å². The Morgan fingerprint density at radius 2 is 0.685 bits per heavy atom. The van der Waals surface area contributed by atoms with Crippen molar-refractivity contribution in [3.8, 4) is 0 Å². The number of hydrogen-bond acceptors (Lipinski definition) is 5. The number of carbonyl (C=O) groups is 2. The van der Waals surface area contributed by atoms with Crippen LogP contribution in [0.2, 0.25) is 0 Å². The van der Waals surface area contributed by atoms with Crippen molar-refractivity contribution in [2.45, 2.75) is 366 Å². The Bertz CT molecular complexity index is 1180. The maximum absolute atomic E-state index is 12.5. The van der Waals surface area contributed by atoms with Crippen LogP contribution in [0.5, 0.6) is 0 Å². The van der Waals surface area contributed by atoms with E-state index >= 15 is 0 Å². The molecule has 0 saturated carbocycles. The smallest absolute Gasteiger partial charge is 0.305 e. The molecule has 0 aliphatic heterocycles. The van der Waals surface area contributed by atoms with Crippen molar-refractivity contribution in [1.29, 1.82) is 0 Å². The second kappa shape index (κ2) is 62.6. The Labute approximate surface area is 455 Å². The molecule has 0 heterocycles. The van der Waals surface area contributed by atoms with Crippen LogP contribution in [0.15, 0.2) is 36.5 Å². The molecule has 6 nitrogen and oxygen atoms in total. The number of hydrogen-bond donors (Lipinski definition) is 3. The van der Waals surface area contributed by atoms with E-state index in [2.05, 4.69) is 55.6 Å². The fourth-order valence-electron chi connectivity index (χ4n) is 10.1. The van der Waals surface area contributed by atoms with Crippen LogP contribution in [-0.4, -0.2) is 47.4 Å². The molecule has 0 radical (unpaired) electrons. The van der Waals surface area contributed by atoms with Gasteiger partial charge in [-0.25, -0.2) is 0 Å². The molecular weight excluding hydrogens is 899 g/mol. The van der Waals surface area contributed by atoms with E-state index < -0.39 is 12.1 Å². The summed E-state index contributed by atoms with van der Waals surface area (Å²) < 4.78 is 5.49. The summed E-state index contributed by atoms with van der Waals surface area (Å²) in [5.41, 5.74) is 0. The van der Waals surface area contributed by atoms with Crippen LogP contribution in [0, 0.1) is 0 Å². The predicted octanol–water partition coefficient (Wildman–Crippen LogP) is 20.8. The third kappa shape index (κ3) is 59.2. The lowest BCUT2D eigenvalue weighted by molar-refractivity contribution is -0.143. The molecule has 0 aliphatic carbocycles. The standard InChI is InChI=1S/C67H127NO5/c1-3-5-7-9-11-13-15-17-19-21-23-25-27-31-35-39-43-47-51-55-59-65(70)64(63-69)68-66(71)60-56-52-48-44-40-36-32-28-26-30-34-38-42-46-50-54-58-62-73-67(72)61-57-53-49-45-41-37-33-29-24-22-20-18-16-14-12-10-8-6-4-2/h12,14,18,20,26,30,64-65,69-70H,3-11,13,15-17,19,21-25,27-29,31-63H2,1-2H3,(H,68,71)/b14-12-,20-18-,30-26-. The number of carbonyl (C=O) groups excluding carboxylic acids is 2. The van der Waals surface area contributed by atoms with Gasteiger partial charge in [0.2, 0.25) is 5.91 Å². The maximum atomic E-state index is 12.5. The predicted molar refractivity (Wildman–Crippen MR) is 319 cm³/mol. The van der Waals surface area contributed by atoms with E-state index in [-0.39, 0.29) is 18.5 Å². The first-order chi connectivity index (χ1) is 36.0. The van der Waals surface area contributed by atoms with Crippen LogP contribution < -0.4 is 5.32 Å². The molecule has 2 atom stereocenters. The van der Waals surface area contributed by atoms with E-state index in [9.17, 15) is 19.8 Å². The van der Waals surface area contributed by atoms with Crippen molar-refractivity contribution in [3.63, 3.8) is 0 Å². The molecule has 1 amide bonds. The molecule has 2 unspecified atom stereocenters. The quantitative estimate of drug-likeness (QED) is 0.0320. The van der Waals surface area contributed by atoms with E-state index in [0.29, 0.717) is 25.9 Å². The zero-order valence-electron chi connectivity index (χ0n) is 49.1. The summed E-state index contributed by atoms with van der Waals surface area (Å²) in [5.74, 6) is -0.0492. The van der Waals surface area contributed by atoms with Crippen molar-refractivity contribution in [1.82, 2.24) is 5.32 Å². The molecule has 0 saturated heterocycles. The van der Waals surface area contributed by atoms with Gasteiger partial charge in [-0.1, -0.05) is 294 Å². The molecule has 0 aromatic rings. The first-order valence-electron chi connectivity index (χ1n) is 32.7. The van der Waals surface area contributed by atoms with Crippen LogP contribution >= 0.6 is 0 Å². The van der Waals surface area contributed by atoms with Crippen molar-refractivity contribution >= 4 is 11.9 Å². The molecule has 430 valence electrons. The molecule has 73 heavy (non-hydrogen) atoms. The summed E-state index contributed by atoms with van der Waals surface area (Å²) in [7, 11) is 0. The van der Waals surface area contributed by atoms with Gasteiger partial charge in [-0.2, -0.15) is 0 Å². The number of unbranched alkanes of at least 4 members (excludes halogenated alkanes) is 44. The highest BCUT2D eigenvalue weighted by molar-refractivity contribution is 5.76. The van der Waals surface area contributed by atoms with E-state index in [4.69, 9.17) is 4.74 Å². The van der Waals surface area contributed by atoms with Crippen molar-refractivity contribution in [3.05, 3.63) is 36.5 Å². The molecule has 0 aliphatic rings. The lowest BCUT2D eigenvalue weighted by atomic mass is 10.0. The molecule has 0 spiro atoms. The SMILES string of the molecule is CCCCC/C=C\C/C=C\CCCCCCCCCCCC(=O)OCCCCCCCC/C=C\CCCCCCCCCC(=O)NC(CO)C(O)CCCCCCCCCCCCCCCCCCCCCC. The highest BCUT2D eigenvalue weighted by atomic mass is 16.5. The summed E-state index contributed by atoms with van der Waals surface area (Å²) in [6.07, 6.45) is 78.7. The van der Waals surface area contributed by atoms with Crippen LogP contribution in [0.3, 0.4) is 0 Å². The van der Waals surface area contributed by atoms with Gasteiger partial charge in [-0.3, -0.25) is 9.59 Å². The van der Waals surface area contributed by atoms with Crippen molar-refractivity contribution in [2.75, 3.05) is 13.2 Å². The number of aliphatic hydroxyl groups is 2. The van der Waals surface area contributed by atoms with Crippen LogP contribution in [0.25, 0.3) is 0 Å². The Morgan fingerprint density at radius 3 is 1.08 bits per heavy atom. The average Bonchev–Trinajstić information content (AvgIpc) is 3.39. The maximum Gasteiger partial charge on any atom is 0.305 e. The number of rotatable bonds is 61. The van der Waals surface area contributed by atoms with Gasteiger partial charge in [0, 0.05) is 12.8 Å². The molecule has 0 fully saturated rings. The number of aliphatic hydroxyl groups excluding tert-OH is 2. The second-order valence-corrected chi connectivity index (χ2v) is 22.4. The van der Waals surface area contributed by atoms with E-state index in [1.54, 1.807) is 0 Å². The average molecular weight is 1030 g/mol. The zero-order valence-corrected chi connectivity index (χ0v) is 49.1. The monoisotopic (exact) mass is 1030 g/mol. The summed E-state index contributed by atoms with van der Waals surface area (Å²) in [4.78, 5) is 24.6. The topological polar surface area (TPSA) is 95.9 Å². The highest BCUT2D eigenvalue weighted by Gasteiger charge is 2.20. The Balaban J connectivity index is 3.44. The first kappa shape index (κ1) is 71.1. The van der Waals surface area contributed by atoms with Crippen molar-refractivity contribution < 1.29 is 24.5 Å². The number of nitrogens with one attached hydrogen (secondary N) is 1. The van der Waals surface area contributed by atoms with Gasteiger partial charge in [0.1, 0.15) is 0 Å². The lowest BCUT2D eigenvalue weighted by Crippen LogP contribution is -2.45. The minimum atomic E-state index is -0.674. The van der Waals surface area contributed by atoms with Gasteiger partial charge in [0.05, 0.1) is 25.4 Å². The molecule has 0 aromatic heterocycles. The third-order valence-corrected chi connectivity index (χ3v) is 15.2. The lowest BCUT2D eigenvalue weighted by Gasteiger charge is -2.22. The van der Waals surface area contributed by atoms with Gasteiger partial charge in [0.25, 0.3) is 0 Å². The Hall–Kier alpha value is -1.92. The highest BCUT2D eigenvalue weighted by Crippen LogP contribution is 2.18. The van der Waals surface area contributed by atoms with Gasteiger partial charge < -0.3 is 20.3 Å². The summed E-state index contributed by atoms with van der Waals surface area (Å²) in [5, 5.41) is 23.4. The largest absolute Gasteiger partial charge is 0.466 e. The van der Waals surface area contributed by atoms with Crippen LogP contribution in [0.4, 0.5) is 0 Å². The van der Waals surface area contributed by atoms with Crippen LogP contribution in [0.1, 0.15) is 354 Å². The van der Waals surface area contributed by atoms with Gasteiger partial charge >= 0.3 is 5.97 Å². The number of amides is 1. The van der Waals surface area contributed by atoms with E-state index in [0.717, 1.165) is 64.2 Å². The summed E-state index contributed by atoms with van der Waals surface area (Å²) >= 11 is 0. The minimum absolute atomic E-state index is 0.00497. The Morgan fingerprint density at radius 1 is 0.384 bits per heavy atom. The van der Waals surface area contributed by atoms with Gasteiger partial charge in [0.15, 0.2) is 0 Å². The number of esters is 1. The first-order valence-corrected chi connectivity index (χ1v) is 32.7. The molecular formula is C67H127NO5. The number of allylic oxidation sites excluding steroid dienone is 6. The fourth-order valence-corrected chi connectivity index (χ4v) is 10.1.